The minimum atomic E-state index is 0.370. The lowest BCUT2D eigenvalue weighted by atomic mass is 9.90. The molecule has 1 atom stereocenters. The molecule has 2 N–H and O–H groups in total. The Kier molecular flexibility index (Phi) is 4.00. The molecule has 1 fully saturated rings. The van der Waals surface area contributed by atoms with Crippen molar-refractivity contribution in [3.63, 3.8) is 0 Å². The largest absolute Gasteiger partial charge is 0.330 e. The Balaban J connectivity index is 2.41. The molecule has 1 rings (SSSR count). The van der Waals surface area contributed by atoms with E-state index in [1.807, 2.05) is 0 Å². The van der Waals surface area contributed by atoms with Gasteiger partial charge in [-0.05, 0) is 25.9 Å². The SMILES string of the molecule is CCCN1CCC(CN)(CBr)C1. The number of nitrogens with two attached hydrogens (primary N) is 1. The molecule has 0 saturated carbocycles. The van der Waals surface area contributed by atoms with Crippen LogP contribution in [-0.2, 0) is 0 Å². The molecule has 0 amide bonds. The monoisotopic (exact) mass is 234 g/mol. The van der Waals surface area contributed by atoms with Gasteiger partial charge in [0.05, 0.1) is 0 Å². The lowest BCUT2D eigenvalue weighted by Gasteiger charge is -2.25. The van der Waals surface area contributed by atoms with Gasteiger partial charge < -0.3 is 10.6 Å². The van der Waals surface area contributed by atoms with Crippen molar-refractivity contribution in [2.24, 2.45) is 11.1 Å². The number of hydrogen-bond acceptors (Lipinski definition) is 2. The highest BCUT2D eigenvalue weighted by atomic mass is 79.9. The Labute approximate surface area is 83.6 Å². The van der Waals surface area contributed by atoms with Gasteiger partial charge >= 0.3 is 0 Å². The molecule has 0 spiro atoms. The van der Waals surface area contributed by atoms with Crippen molar-refractivity contribution < 1.29 is 0 Å². The number of alkyl halides is 1. The van der Waals surface area contributed by atoms with Gasteiger partial charge in [-0.25, -0.2) is 0 Å². The van der Waals surface area contributed by atoms with Crippen LogP contribution in [-0.4, -0.2) is 36.4 Å². The van der Waals surface area contributed by atoms with Crippen LogP contribution in [0.15, 0.2) is 0 Å². The van der Waals surface area contributed by atoms with Gasteiger partial charge in [0.1, 0.15) is 0 Å². The summed E-state index contributed by atoms with van der Waals surface area (Å²) in [6, 6.07) is 0. The average Bonchev–Trinajstić information content (AvgIpc) is 2.50. The van der Waals surface area contributed by atoms with Crippen LogP contribution in [0.3, 0.4) is 0 Å². The molecule has 0 aliphatic carbocycles. The number of nitrogens with zero attached hydrogens (tertiary/aromatic N) is 1. The van der Waals surface area contributed by atoms with E-state index in [2.05, 4.69) is 27.8 Å². The van der Waals surface area contributed by atoms with Gasteiger partial charge in [0, 0.05) is 23.8 Å². The number of likely N-dealkylation sites (tertiary alicyclic amines) is 1. The first kappa shape index (κ1) is 10.5. The molecule has 3 heteroatoms. The third-order valence-corrected chi connectivity index (χ3v) is 3.96. The van der Waals surface area contributed by atoms with Crippen molar-refractivity contribution in [1.29, 1.82) is 0 Å². The molecule has 1 aliphatic rings. The predicted octanol–water partition coefficient (Wildman–Crippen LogP) is 1.44. The van der Waals surface area contributed by atoms with Gasteiger partial charge in [0.25, 0.3) is 0 Å². The van der Waals surface area contributed by atoms with Crippen molar-refractivity contribution >= 4 is 15.9 Å². The molecular formula is C9H19BrN2. The standard InChI is InChI=1S/C9H19BrN2/c1-2-4-12-5-3-9(6-10,7-11)8-12/h2-8,11H2,1H3. The van der Waals surface area contributed by atoms with Crippen LogP contribution in [0.4, 0.5) is 0 Å². The van der Waals surface area contributed by atoms with E-state index in [0.29, 0.717) is 5.41 Å². The topological polar surface area (TPSA) is 29.3 Å². The molecular weight excluding hydrogens is 216 g/mol. The van der Waals surface area contributed by atoms with Gasteiger partial charge in [-0.3, -0.25) is 0 Å². The minimum Gasteiger partial charge on any atom is -0.330 e. The van der Waals surface area contributed by atoms with Gasteiger partial charge in [-0.2, -0.15) is 0 Å². The Morgan fingerprint density at radius 1 is 1.58 bits per heavy atom. The van der Waals surface area contributed by atoms with Crippen LogP contribution in [0.1, 0.15) is 19.8 Å². The molecule has 0 aromatic carbocycles. The zero-order valence-corrected chi connectivity index (χ0v) is 9.44. The van der Waals surface area contributed by atoms with Crippen molar-refractivity contribution in [2.75, 3.05) is 31.5 Å². The van der Waals surface area contributed by atoms with Gasteiger partial charge in [0.15, 0.2) is 0 Å². The summed E-state index contributed by atoms with van der Waals surface area (Å²) in [7, 11) is 0. The first-order valence-corrected chi connectivity index (χ1v) is 5.87. The Morgan fingerprint density at radius 3 is 2.75 bits per heavy atom. The van der Waals surface area contributed by atoms with Crippen LogP contribution in [0.2, 0.25) is 0 Å². The predicted molar refractivity (Wildman–Crippen MR) is 56.6 cm³/mol. The molecule has 72 valence electrons. The van der Waals surface area contributed by atoms with E-state index in [-0.39, 0.29) is 0 Å². The zero-order valence-electron chi connectivity index (χ0n) is 7.85. The number of hydrogen-bond donors (Lipinski definition) is 1. The fourth-order valence-corrected chi connectivity index (χ4v) is 2.55. The van der Waals surface area contributed by atoms with Crippen molar-refractivity contribution in [3.8, 4) is 0 Å². The average molecular weight is 235 g/mol. The molecule has 0 bridgehead atoms. The Bertz CT molecular complexity index is 134. The van der Waals surface area contributed by atoms with Crippen molar-refractivity contribution in [3.05, 3.63) is 0 Å². The summed E-state index contributed by atoms with van der Waals surface area (Å²) < 4.78 is 0. The molecule has 1 unspecified atom stereocenters. The highest BCUT2D eigenvalue weighted by molar-refractivity contribution is 9.09. The van der Waals surface area contributed by atoms with E-state index < -0.39 is 0 Å². The fraction of sp³-hybridized carbons (Fsp3) is 1.00. The summed E-state index contributed by atoms with van der Waals surface area (Å²) in [6.07, 6.45) is 2.51. The van der Waals surface area contributed by atoms with Gasteiger partial charge in [-0.15, -0.1) is 0 Å². The maximum atomic E-state index is 5.78. The second-order valence-corrected chi connectivity index (χ2v) is 4.42. The molecule has 0 aromatic heterocycles. The molecule has 1 aliphatic heterocycles. The third kappa shape index (κ3) is 2.21. The maximum absolute atomic E-state index is 5.78. The first-order valence-electron chi connectivity index (χ1n) is 4.75. The van der Waals surface area contributed by atoms with E-state index in [0.717, 1.165) is 11.9 Å². The quantitative estimate of drug-likeness (QED) is 0.747. The Hall–Kier alpha value is 0.400. The number of rotatable bonds is 4. The van der Waals surface area contributed by atoms with Crippen LogP contribution in [0.25, 0.3) is 0 Å². The summed E-state index contributed by atoms with van der Waals surface area (Å²) >= 11 is 3.57. The summed E-state index contributed by atoms with van der Waals surface area (Å²) in [5, 5.41) is 1.05. The highest BCUT2D eigenvalue weighted by Crippen LogP contribution is 2.31. The lowest BCUT2D eigenvalue weighted by Crippen LogP contribution is -2.35. The maximum Gasteiger partial charge on any atom is 0.0113 e. The fourth-order valence-electron chi connectivity index (χ4n) is 1.87. The van der Waals surface area contributed by atoms with Gasteiger partial charge in [0.2, 0.25) is 0 Å². The molecule has 1 heterocycles. The van der Waals surface area contributed by atoms with E-state index in [4.69, 9.17) is 5.73 Å². The third-order valence-electron chi connectivity index (χ3n) is 2.77. The van der Waals surface area contributed by atoms with Crippen molar-refractivity contribution in [2.45, 2.75) is 19.8 Å². The second kappa shape index (κ2) is 4.58. The molecule has 12 heavy (non-hydrogen) atoms. The normalized spacial score (nSPS) is 31.2. The molecule has 0 radical (unpaired) electrons. The van der Waals surface area contributed by atoms with E-state index in [1.165, 1.54) is 32.5 Å². The highest BCUT2D eigenvalue weighted by Gasteiger charge is 2.35. The smallest absolute Gasteiger partial charge is 0.0113 e. The molecule has 1 saturated heterocycles. The second-order valence-electron chi connectivity index (χ2n) is 3.86. The van der Waals surface area contributed by atoms with Crippen molar-refractivity contribution in [1.82, 2.24) is 4.90 Å². The Morgan fingerprint density at radius 2 is 2.33 bits per heavy atom. The summed E-state index contributed by atoms with van der Waals surface area (Å²) in [5.41, 5.74) is 6.15. The van der Waals surface area contributed by atoms with E-state index >= 15 is 0 Å². The van der Waals surface area contributed by atoms with E-state index in [9.17, 15) is 0 Å². The van der Waals surface area contributed by atoms with Gasteiger partial charge in [-0.1, -0.05) is 22.9 Å². The zero-order chi connectivity index (χ0) is 9.03. The number of halogens is 1. The summed E-state index contributed by atoms with van der Waals surface area (Å²) in [5.74, 6) is 0. The summed E-state index contributed by atoms with van der Waals surface area (Å²) in [6.45, 7) is 6.70. The van der Waals surface area contributed by atoms with Crippen LogP contribution in [0, 0.1) is 5.41 Å². The minimum absolute atomic E-state index is 0.370. The van der Waals surface area contributed by atoms with Crippen LogP contribution < -0.4 is 5.73 Å². The van der Waals surface area contributed by atoms with Crippen LogP contribution >= 0.6 is 15.9 Å². The lowest BCUT2D eigenvalue weighted by molar-refractivity contribution is 0.286. The molecule has 2 nitrogen and oxygen atoms in total. The molecule has 0 aromatic rings. The van der Waals surface area contributed by atoms with Crippen LogP contribution in [0.5, 0.6) is 0 Å². The van der Waals surface area contributed by atoms with E-state index in [1.54, 1.807) is 0 Å². The first-order chi connectivity index (χ1) is 5.76. The summed E-state index contributed by atoms with van der Waals surface area (Å²) in [4.78, 5) is 2.52.